The molecule has 1 unspecified atom stereocenters. The average molecular weight is 226 g/mol. The van der Waals surface area contributed by atoms with E-state index in [1.165, 1.54) is 12.8 Å². The number of likely N-dealkylation sites (tertiary alicyclic amines) is 1. The van der Waals surface area contributed by atoms with Gasteiger partial charge in [0.15, 0.2) is 0 Å². The van der Waals surface area contributed by atoms with Crippen LogP contribution in [0, 0.1) is 0 Å². The van der Waals surface area contributed by atoms with Crippen LogP contribution in [0.4, 0.5) is 0 Å². The van der Waals surface area contributed by atoms with E-state index in [2.05, 4.69) is 15.4 Å². The molecule has 6 heteroatoms. The lowest BCUT2D eigenvalue weighted by Crippen LogP contribution is -2.39. The van der Waals surface area contributed by atoms with Crippen LogP contribution in [0.1, 0.15) is 25.7 Å². The lowest BCUT2D eigenvalue weighted by Gasteiger charge is -2.15. The van der Waals surface area contributed by atoms with E-state index < -0.39 is 0 Å². The standard InChI is InChI=1S/C10H18N4O2/c11-9(13-16)5-10(15)12-7-3-4-14(6-7)8-1-2-8/h7-8,16H,1-6H2,(H2,11,13)(H,12,15). The monoisotopic (exact) mass is 226 g/mol. The normalized spacial score (nSPS) is 27.0. The summed E-state index contributed by atoms with van der Waals surface area (Å²) in [5.41, 5.74) is 5.26. The van der Waals surface area contributed by atoms with Crippen LogP contribution in [0.2, 0.25) is 0 Å². The van der Waals surface area contributed by atoms with Crippen molar-refractivity contribution >= 4 is 11.7 Å². The molecule has 1 saturated heterocycles. The number of amidine groups is 1. The predicted octanol–water partition coefficient (Wildman–Crippen LogP) is -0.524. The summed E-state index contributed by atoms with van der Waals surface area (Å²) in [5, 5.41) is 14.0. The molecule has 1 heterocycles. The van der Waals surface area contributed by atoms with Gasteiger partial charge in [0.2, 0.25) is 5.91 Å². The SMILES string of the molecule is NC(CC(=O)NC1CCN(C2CC2)C1)=NO. The lowest BCUT2D eigenvalue weighted by atomic mass is 10.2. The zero-order valence-electron chi connectivity index (χ0n) is 9.22. The van der Waals surface area contributed by atoms with Gasteiger partial charge in [-0.05, 0) is 19.3 Å². The molecule has 1 saturated carbocycles. The fraction of sp³-hybridized carbons (Fsp3) is 0.800. The molecule has 2 rings (SSSR count). The number of oxime groups is 1. The second kappa shape index (κ2) is 4.69. The molecule has 0 aromatic heterocycles. The molecule has 2 aliphatic rings. The molecule has 1 atom stereocenters. The van der Waals surface area contributed by atoms with Gasteiger partial charge in [-0.3, -0.25) is 9.69 Å². The fourth-order valence-corrected chi connectivity index (χ4v) is 2.16. The highest BCUT2D eigenvalue weighted by Crippen LogP contribution is 2.29. The number of carbonyl (C=O) groups excluding carboxylic acids is 1. The number of amides is 1. The Labute approximate surface area is 94.5 Å². The highest BCUT2D eigenvalue weighted by atomic mass is 16.4. The summed E-state index contributed by atoms with van der Waals surface area (Å²) in [6, 6.07) is 0.977. The molecule has 1 amide bonds. The molecule has 1 aliphatic carbocycles. The van der Waals surface area contributed by atoms with E-state index in [9.17, 15) is 4.79 Å². The summed E-state index contributed by atoms with van der Waals surface area (Å²) < 4.78 is 0. The Hall–Kier alpha value is -1.30. The van der Waals surface area contributed by atoms with Crippen molar-refractivity contribution in [2.24, 2.45) is 10.9 Å². The third kappa shape index (κ3) is 2.85. The molecule has 0 bridgehead atoms. The van der Waals surface area contributed by atoms with Crippen LogP contribution >= 0.6 is 0 Å². The maximum absolute atomic E-state index is 11.5. The Kier molecular flexibility index (Phi) is 3.28. The molecule has 1 aliphatic heterocycles. The quantitative estimate of drug-likeness (QED) is 0.260. The zero-order chi connectivity index (χ0) is 11.5. The average Bonchev–Trinajstić information content (AvgIpc) is 3.00. The Bertz CT molecular complexity index is 301. The minimum atomic E-state index is -0.169. The number of rotatable bonds is 4. The van der Waals surface area contributed by atoms with Gasteiger partial charge < -0.3 is 16.3 Å². The van der Waals surface area contributed by atoms with Gasteiger partial charge in [-0.2, -0.15) is 0 Å². The van der Waals surface area contributed by atoms with Gasteiger partial charge in [0.05, 0.1) is 6.42 Å². The van der Waals surface area contributed by atoms with Crippen LogP contribution in [0.3, 0.4) is 0 Å². The van der Waals surface area contributed by atoms with Crippen molar-refractivity contribution in [3.63, 3.8) is 0 Å². The maximum Gasteiger partial charge on any atom is 0.227 e. The summed E-state index contributed by atoms with van der Waals surface area (Å²) >= 11 is 0. The zero-order valence-corrected chi connectivity index (χ0v) is 9.22. The number of carbonyl (C=O) groups is 1. The summed E-state index contributed by atoms with van der Waals surface area (Å²) in [4.78, 5) is 13.9. The minimum Gasteiger partial charge on any atom is -0.409 e. The fourth-order valence-electron chi connectivity index (χ4n) is 2.16. The Morgan fingerprint density at radius 2 is 2.25 bits per heavy atom. The molecule has 0 aromatic rings. The summed E-state index contributed by atoms with van der Waals surface area (Å²) in [5.74, 6) is -0.215. The molecular weight excluding hydrogens is 208 g/mol. The smallest absolute Gasteiger partial charge is 0.227 e. The van der Waals surface area contributed by atoms with Gasteiger partial charge in [-0.1, -0.05) is 5.16 Å². The first-order chi connectivity index (χ1) is 7.69. The van der Waals surface area contributed by atoms with E-state index in [1.54, 1.807) is 0 Å². The van der Waals surface area contributed by atoms with Gasteiger partial charge in [0.25, 0.3) is 0 Å². The molecule has 90 valence electrons. The third-order valence-electron chi connectivity index (χ3n) is 3.12. The topological polar surface area (TPSA) is 91.0 Å². The molecule has 0 aromatic carbocycles. The van der Waals surface area contributed by atoms with Gasteiger partial charge in [0.1, 0.15) is 5.84 Å². The molecule has 2 fully saturated rings. The number of nitrogens with zero attached hydrogens (tertiary/aromatic N) is 2. The largest absolute Gasteiger partial charge is 0.409 e. The molecule has 16 heavy (non-hydrogen) atoms. The van der Waals surface area contributed by atoms with Crippen molar-refractivity contribution in [3.05, 3.63) is 0 Å². The predicted molar refractivity (Wildman–Crippen MR) is 59.2 cm³/mol. The van der Waals surface area contributed by atoms with Gasteiger partial charge in [-0.15, -0.1) is 0 Å². The Morgan fingerprint density at radius 1 is 1.50 bits per heavy atom. The summed E-state index contributed by atoms with van der Waals surface area (Å²) in [6.07, 6.45) is 3.56. The van der Waals surface area contributed by atoms with Crippen LogP contribution in [-0.4, -0.2) is 47.0 Å². The lowest BCUT2D eigenvalue weighted by molar-refractivity contribution is -0.120. The van der Waals surface area contributed by atoms with Crippen LogP contribution < -0.4 is 11.1 Å². The molecule has 0 spiro atoms. The maximum atomic E-state index is 11.5. The van der Waals surface area contributed by atoms with E-state index in [-0.39, 0.29) is 24.2 Å². The van der Waals surface area contributed by atoms with Crippen LogP contribution in [-0.2, 0) is 4.79 Å². The van der Waals surface area contributed by atoms with Crippen molar-refractivity contribution < 1.29 is 10.0 Å². The van der Waals surface area contributed by atoms with Gasteiger partial charge >= 0.3 is 0 Å². The number of nitrogens with one attached hydrogen (secondary N) is 1. The van der Waals surface area contributed by atoms with Crippen molar-refractivity contribution in [2.75, 3.05) is 13.1 Å². The third-order valence-corrected chi connectivity index (χ3v) is 3.12. The van der Waals surface area contributed by atoms with Gasteiger partial charge in [0, 0.05) is 25.2 Å². The number of hydrogen-bond acceptors (Lipinski definition) is 4. The Balaban J connectivity index is 1.71. The second-order valence-corrected chi connectivity index (χ2v) is 4.55. The van der Waals surface area contributed by atoms with E-state index in [0.717, 1.165) is 25.6 Å². The van der Waals surface area contributed by atoms with E-state index in [4.69, 9.17) is 10.9 Å². The highest BCUT2D eigenvalue weighted by Gasteiger charge is 2.34. The molecule has 0 radical (unpaired) electrons. The van der Waals surface area contributed by atoms with Crippen molar-refractivity contribution in [1.29, 1.82) is 0 Å². The van der Waals surface area contributed by atoms with Crippen molar-refractivity contribution in [3.8, 4) is 0 Å². The van der Waals surface area contributed by atoms with Gasteiger partial charge in [-0.25, -0.2) is 0 Å². The summed E-state index contributed by atoms with van der Waals surface area (Å²) in [6.45, 7) is 2.01. The van der Waals surface area contributed by atoms with Crippen LogP contribution in [0.5, 0.6) is 0 Å². The van der Waals surface area contributed by atoms with Crippen molar-refractivity contribution in [1.82, 2.24) is 10.2 Å². The first kappa shape index (κ1) is 11.2. The minimum absolute atomic E-state index is 0.0313. The van der Waals surface area contributed by atoms with Crippen molar-refractivity contribution in [2.45, 2.75) is 37.8 Å². The molecular formula is C10H18N4O2. The number of nitrogens with two attached hydrogens (primary N) is 1. The Morgan fingerprint density at radius 3 is 2.88 bits per heavy atom. The molecule has 6 nitrogen and oxygen atoms in total. The van der Waals surface area contributed by atoms with E-state index in [0.29, 0.717) is 0 Å². The first-order valence-electron chi connectivity index (χ1n) is 5.69. The molecule has 4 N–H and O–H groups in total. The number of hydrogen-bond donors (Lipinski definition) is 3. The summed E-state index contributed by atoms with van der Waals surface area (Å²) in [7, 11) is 0. The van der Waals surface area contributed by atoms with E-state index in [1.807, 2.05) is 0 Å². The van der Waals surface area contributed by atoms with E-state index >= 15 is 0 Å². The second-order valence-electron chi connectivity index (χ2n) is 4.55. The van der Waals surface area contributed by atoms with Crippen LogP contribution in [0.25, 0.3) is 0 Å². The highest BCUT2D eigenvalue weighted by molar-refractivity contribution is 5.98. The van der Waals surface area contributed by atoms with Crippen LogP contribution in [0.15, 0.2) is 5.16 Å². The first-order valence-corrected chi connectivity index (χ1v) is 5.69.